The van der Waals surface area contributed by atoms with Crippen molar-refractivity contribution in [2.24, 2.45) is 0 Å². The Morgan fingerprint density at radius 1 is 1.25 bits per heavy atom. The van der Waals surface area contributed by atoms with Crippen molar-refractivity contribution in [1.82, 2.24) is 15.2 Å². The quantitative estimate of drug-likeness (QED) is 0.615. The number of aromatic nitrogens is 3. The Morgan fingerprint density at radius 2 is 2.08 bits per heavy atom. The molecule has 0 fully saturated rings. The SMILES string of the molecule is O=C(CSc1nnc(-c2ccccc2Br)o1)Nc1ccc(Cl)cn1. The molecule has 0 atom stereocenters. The Morgan fingerprint density at radius 3 is 2.83 bits per heavy atom. The average Bonchev–Trinajstić information content (AvgIpc) is 3.04. The standard InChI is InChI=1S/C15H10BrClN4O2S/c16-11-4-2-1-3-10(11)14-20-21-15(23-14)24-8-13(22)19-12-6-5-9(17)7-18-12/h1-7H,8H2,(H,18,19,22). The number of nitrogens with zero attached hydrogens (tertiary/aromatic N) is 3. The van der Waals surface area contributed by atoms with E-state index in [2.05, 4.69) is 36.4 Å². The lowest BCUT2D eigenvalue weighted by Gasteiger charge is -2.02. The third-order valence-electron chi connectivity index (χ3n) is 2.83. The van der Waals surface area contributed by atoms with Gasteiger partial charge in [-0.2, -0.15) is 0 Å². The minimum atomic E-state index is -0.226. The number of carbonyl (C=O) groups excluding carboxylic acids is 1. The number of pyridine rings is 1. The van der Waals surface area contributed by atoms with Gasteiger partial charge in [0.05, 0.1) is 16.3 Å². The fraction of sp³-hybridized carbons (Fsp3) is 0.0667. The first-order chi connectivity index (χ1) is 11.6. The Labute approximate surface area is 155 Å². The average molecular weight is 426 g/mol. The summed E-state index contributed by atoms with van der Waals surface area (Å²) in [5, 5.41) is 11.4. The van der Waals surface area contributed by atoms with E-state index in [1.54, 1.807) is 12.1 Å². The summed E-state index contributed by atoms with van der Waals surface area (Å²) < 4.78 is 6.42. The van der Waals surface area contributed by atoms with Gasteiger partial charge in [-0.05, 0) is 40.2 Å². The second kappa shape index (κ2) is 7.78. The summed E-state index contributed by atoms with van der Waals surface area (Å²) in [7, 11) is 0. The van der Waals surface area contributed by atoms with Gasteiger partial charge < -0.3 is 9.73 Å². The summed E-state index contributed by atoms with van der Waals surface area (Å²) >= 11 is 10.3. The van der Waals surface area contributed by atoms with E-state index in [9.17, 15) is 4.79 Å². The van der Waals surface area contributed by atoms with E-state index < -0.39 is 0 Å². The molecule has 1 aromatic carbocycles. The molecule has 1 amide bonds. The molecule has 122 valence electrons. The molecule has 6 nitrogen and oxygen atoms in total. The highest BCUT2D eigenvalue weighted by molar-refractivity contribution is 9.10. The van der Waals surface area contributed by atoms with Crippen LogP contribution < -0.4 is 5.32 Å². The summed E-state index contributed by atoms with van der Waals surface area (Å²) in [5.74, 6) is 0.728. The van der Waals surface area contributed by atoms with E-state index in [4.69, 9.17) is 16.0 Å². The van der Waals surface area contributed by atoms with Crippen LogP contribution in [0.25, 0.3) is 11.5 Å². The van der Waals surface area contributed by atoms with Gasteiger partial charge in [0, 0.05) is 10.7 Å². The zero-order chi connectivity index (χ0) is 16.9. The molecule has 1 N–H and O–H groups in total. The third-order valence-corrected chi connectivity index (χ3v) is 4.57. The lowest BCUT2D eigenvalue weighted by atomic mass is 10.2. The van der Waals surface area contributed by atoms with Gasteiger partial charge in [0.2, 0.25) is 11.8 Å². The Balaban J connectivity index is 1.58. The molecule has 0 aliphatic heterocycles. The largest absolute Gasteiger partial charge is 0.411 e. The van der Waals surface area contributed by atoms with Crippen LogP contribution >= 0.6 is 39.3 Å². The number of rotatable bonds is 5. The molecule has 0 aliphatic carbocycles. The highest BCUT2D eigenvalue weighted by atomic mass is 79.9. The van der Waals surface area contributed by atoms with Crippen LogP contribution in [0, 0.1) is 0 Å². The Kier molecular flexibility index (Phi) is 5.49. The molecule has 0 saturated heterocycles. The van der Waals surface area contributed by atoms with E-state index in [1.807, 2.05) is 24.3 Å². The van der Waals surface area contributed by atoms with Crippen molar-refractivity contribution >= 4 is 51.0 Å². The number of hydrogen-bond acceptors (Lipinski definition) is 6. The number of benzene rings is 1. The summed E-state index contributed by atoms with van der Waals surface area (Å²) in [4.78, 5) is 15.9. The molecule has 2 heterocycles. The maximum atomic E-state index is 11.9. The van der Waals surface area contributed by atoms with Crippen molar-refractivity contribution in [2.75, 3.05) is 11.1 Å². The molecule has 0 spiro atoms. The Bertz CT molecular complexity index is 857. The van der Waals surface area contributed by atoms with Gasteiger partial charge in [-0.25, -0.2) is 4.98 Å². The molecule has 2 aromatic heterocycles. The minimum absolute atomic E-state index is 0.127. The highest BCUT2D eigenvalue weighted by Crippen LogP contribution is 2.28. The molecule has 9 heteroatoms. The van der Waals surface area contributed by atoms with Crippen LogP contribution in [0.5, 0.6) is 0 Å². The Hall–Kier alpha value is -1.90. The first-order valence-electron chi connectivity index (χ1n) is 6.74. The predicted octanol–water partition coefficient (Wildman–Crippen LogP) is 4.28. The number of carbonyl (C=O) groups is 1. The number of thioether (sulfide) groups is 1. The van der Waals surface area contributed by atoms with Gasteiger partial charge in [-0.3, -0.25) is 4.79 Å². The van der Waals surface area contributed by atoms with Crippen LogP contribution in [-0.4, -0.2) is 26.8 Å². The van der Waals surface area contributed by atoms with Crippen LogP contribution in [0.4, 0.5) is 5.82 Å². The zero-order valence-electron chi connectivity index (χ0n) is 12.1. The van der Waals surface area contributed by atoms with Crippen LogP contribution in [0.2, 0.25) is 5.02 Å². The van der Waals surface area contributed by atoms with E-state index in [0.29, 0.717) is 22.0 Å². The normalized spacial score (nSPS) is 10.6. The van der Waals surface area contributed by atoms with Gasteiger partial charge in [0.15, 0.2) is 0 Å². The molecule has 3 aromatic rings. The summed E-state index contributed by atoms with van der Waals surface area (Å²) in [6.45, 7) is 0. The van der Waals surface area contributed by atoms with Crippen LogP contribution in [0.15, 0.2) is 56.7 Å². The number of hydrogen-bond donors (Lipinski definition) is 1. The van der Waals surface area contributed by atoms with Crippen molar-refractivity contribution < 1.29 is 9.21 Å². The summed E-state index contributed by atoms with van der Waals surface area (Å²) in [5.41, 5.74) is 0.798. The predicted molar refractivity (Wildman–Crippen MR) is 96.0 cm³/mol. The number of anilines is 1. The van der Waals surface area contributed by atoms with Crippen molar-refractivity contribution in [1.29, 1.82) is 0 Å². The summed E-state index contributed by atoms with van der Waals surface area (Å²) in [6, 6.07) is 10.8. The molecule has 0 saturated carbocycles. The number of halogens is 2. The number of nitrogens with one attached hydrogen (secondary N) is 1. The van der Waals surface area contributed by atoms with Gasteiger partial charge in [0.25, 0.3) is 5.22 Å². The molecule has 0 aliphatic rings. The van der Waals surface area contributed by atoms with E-state index in [-0.39, 0.29) is 11.7 Å². The first kappa shape index (κ1) is 16.9. The zero-order valence-corrected chi connectivity index (χ0v) is 15.2. The van der Waals surface area contributed by atoms with Crippen LogP contribution in [-0.2, 0) is 4.79 Å². The van der Waals surface area contributed by atoms with Crippen molar-refractivity contribution in [3.05, 3.63) is 52.1 Å². The molecule has 3 rings (SSSR count). The van der Waals surface area contributed by atoms with Gasteiger partial charge in [-0.1, -0.05) is 35.5 Å². The van der Waals surface area contributed by atoms with Gasteiger partial charge in [-0.15, -0.1) is 10.2 Å². The maximum Gasteiger partial charge on any atom is 0.277 e. The van der Waals surface area contributed by atoms with E-state index in [0.717, 1.165) is 21.8 Å². The van der Waals surface area contributed by atoms with E-state index in [1.165, 1.54) is 6.20 Å². The third kappa shape index (κ3) is 4.34. The molecule has 24 heavy (non-hydrogen) atoms. The minimum Gasteiger partial charge on any atom is -0.411 e. The van der Waals surface area contributed by atoms with Crippen molar-refractivity contribution in [3.63, 3.8) is 0 Å². The smallest absolute Gasteiger partial charge is 0.277 e. The lowest BCUT2D eigenvalue weighted by Crippen LogP contribution is -2.14. The van der Waals surface area contributed by atoms with Gasteiger partial charge in [0.1, 0.15) is 5.82 Å². The summed E-state index contributed by atoms with van der Waals surface area (Å²) in [6.07, 6.45) is 1.46. The number of amides is 1. The fourth-order valence-corrected chi connectivity index (χ4v) is 2.90. The topological polar surface area (TPSA) is 80.9 Å². The monoisotopic (exact) mass is 424 g/mol. The molecular formula is C15H10BrClN4O2S. The van der Waals surface area contributed by atoms with Crippen LogP contribution in [0.1, 0.15) is 0 Å². The van der Waals surface area contributed by atoms with Gasteiger partial charge >= 0.3 is 0 Å². The second-order valence-corrected chi connectivity index (χ2v) is 6.77. The van der Waals surface area contributed by atoms with Crippen LogP contribution in [0.3, 0.4) is 0 Å². The van der Waals surface area contributed by atoms with E-state index >= 15 is 0 Å². The van der Waals surface area contributed by atoms with Crippen molar-refractivity contribution in [3.8, 4) is 11.5 Å². The highest BCUT2D eigenvalue weighted by Gasteiger charge is 2.13. The second-order valence-electron chi connectivity index (χ2n) is 4.55. The molecule has 0 bridgehead atoms. The lowest BCUT2D eigenvalue weighted by molar-refractivity contribution is -0.113. The molecular weight excluding hydrogens is 416 g/mol. The van der Waals surface area contributed by atoms with Crippen molar-refractivity contribution in [2.45, 2.75) is 5.22 Å². The molecule has 0 unspecified atom stereocenters. The maximum absolute atomic E-state index is 11.9. The fourth-order valence-electron chi connectivity index (χ4n) is 1.77. The molecule has 0 radical (unpaired) electrons. The first-order valence-corrected chi connectivity index (χ1v) is 8.90.